The number of aliphatic hydroxyl groups excluding tert-OH is 1. The molecular formula is C21H34O4. The second-order valence-corrected chi connectivity index (χ2v) is 7.55. The molecule has 5 atom stereocenters. The summed E-state index contributed by atoms with van der Waals surface area (Å²) in [4.78, 5) is 10.5. The molecule has 1 saturated carbocycles. The molecule has 1 aliphatic heterocycles. The Morgan fingerprint density at radius 3 is 2.88 bits per heavy atom. The van der Waals surface area contributed by atoms with Crippen LogP contribution in [0.1, 0.15) is 64.7 Å². The standard InChI is InChI=1S/C21H34O4/c1-2-3-6-9-17(22)12-13-18-16-14-20(25-15-16)19(18)10-7-4-5-8-11-21(23)24/h4,7,12-13,16-20,22H,2-3,5-6,8-11,14-15H2,1H3,(H,23,24)/t16-,17+,18-,19+,20-/m0/s1. The molecular weight excluding hydrogens is 316 g/mol. The predicted octanol–water partition coefficient (Wildman–Crippen LogP) is 4.34. The summed E-state index contributed by atoms with van der Waals surface area (Å²) in [6.45, 7) is 3.03. The van der Waals surface area contributed by atoms with Gasteiger partial charge in [-0.3, -0.25) is 4.79 Å². The number of aliphatic carboxylic acids is 1. The number of unbranched alkanes of at least 4 members (excludes halogenated alkanes) is 3. The maximum atomic E-state index is 10.5. The summed E-state index contributed by atoms with van der Waals surface area (Å²) in [7, 11) is 0. The van der Waals surface area contributed by atoms with Crippen molar-refractivity contribution in [3.63, 3.8) is 0 Å². The van der Waals surface area contributed by atoms with Crippen LogP contribution in [0.3, 0.4) is 0 Å². The molecule has 1 aliphatic carbocycles. The van der Waals surface area contributed by atoms with Crippen molar-refractivity contribution in [3.8, 4) is 0 Å². The molecule has 1 heterocycles. The number of aliphatic hydroxyl groups is 1. The molecule has 1 saturated heterocycles. The lowest BCUT2D eigenvalue weighted by atomic mass is 9.85. The van der Waals surface area contributed by atoms with Gasteiger partial charge in [-0.25, -0.2) is 0 Å². The first-order chi connectivity index (χ1) is 12.1. The maximum Gasteiger partial charge on any atom is 0.303 e. The van der Waals surface area contributed by atoms with Gasteiger partial charge in [-0.05, 0) is 49.9 Å². The molecule has 2 aliphatic rings. The fraction of sp³-hybridized carbons (Fsp3) is 0.762. The Kier molecular flexibility index (Phi) is 8.70. The molecule has 2 bridgehead atoms. The topological polar surface area (TPSA) is 66.8 Å². The van der Waals surface area contributed by atoms with Gasteiger partial charge in [0.1, 0.15) is 0 Å². The first-order valence-electron chi connectivity index (χ1n) is 9.96. The SMILES string of the molecule is CCCCC[C@@H](O)C=C[C@H]1[C@@H]2CO[C@@H](C2)[C@@H]1CC=CCCCC(=O)O. The van der Waals surface area contributed by atoms with E-state index in [2.05, 4.69) is 25.2 Å². The zero-order valence-electron chi connectivity index (χ0n) is 15.5. The third-order valence-corrected chi connectivity index (χ3v) is 5.57. The molecule has 0 radical (unpaired) electrons. The Balaban J connectivity index is 1.78. The van der Waals surface area contributed by atoms with Gasteiger partial charge in [-0.1, -0.05) is 50.5 Å². The van der Waals surface area contributed by atoms with Gasteiger partial charge < -0.3 is 14.9 Å². The van der Waals surface area contributed by atoms with E-state index in [1.165, 1.54) is 12.8 Å². The Hall–Kier alpha value is -1.13. The monoisotopic (exact) mass is 350 g/mol. The Morgan fingerprint density at radius 2 is 2.12 bits per heavy atom. The molecule has 4 nitrogen and oxygen atoms in total. The first kappa shape index (κ1) is 20.2. The largest absolute Gasteiger partial charge is 0.481 e. The highest BCUT2D eigenvalue weighted by molar-refractivity contribution is 5.66. The Labute approximate surface area is 152 Å². The highest BCUT2D eigenvalue weighted by Gasteiger charge is 2.46. The normalized spacial score (nSPS) is 29.8. The van der Waals surface area contributed by atoms with Crippen molar-refractivity contribution in [2.45, 2.75) is 76.9 Å². The lowest BCUT2D eigenvalue weighted by Gasteiger charge is -2.28. The van der Waals surface area contributed by atoms with Crippen molar-refractivity contribution in [3.05, 3.63) is 24.3 Å². The van der Waals surface area contributed by atoms with Crippen molar-refractivity contribution in [1.82, 2.24) is 0 Å². The molecule has 2 fully saturated rings. The molecule has 142 valence electrons. The van der Waals surface area contributed by atoms with Crippen LogP contribution in [0.4, 0.5) is 0 Å². The van der Waals surface area contributed by atoms with Gasteiger partial charge in [-0.2, -0.15) is 0 Å². The lowest BCUT2D eigenvalue weighted by Crippen LogP contribution is -2.27. The van der Waals surface area contributed by atoms with Gasteiger partial charge in [0.25, 0.3) is 0 Å². The van der Waals surface area contributed by atoms with Gasteiger partial charge in [0.15, 0.2) is 0 Å². The van der Waals surface area contributed by atoms with Crippen molar-refractivity contribution in [2.24, 2.45) is 17.8 Å². The molecule has 0 spiro atoms. The van der Waals surface area contributed by atoms with Gasteiger partial charge in [0, 0.05) is 6.42 Å². The van der Waals surface area contributed by atoms with E-state index in [0.29, 0.717) is 30.3 Å². The quantitative estimate of drug-likeness (QED) is 0.406. The fourth-order valence-corrected chi connectivity index (χ4v) is 4.15. The zero-order valence-corrected chi connectivity index (χ0v) is 15.5. The minimum atomic E-state index is -0.724. The average molecular weight is 350 g/mol. The number of hydrogen-bond acceptors (Lipinski definition) is 3. The van der Waals surface area contributed by atoms with Crippen LogP contribution in [0, 0.1) is 17.8 Å². The molecule has 0 aromatic heterocycles. The minimum Gasteiger partial charge on any atom is -0.481 e. The molecule has 4 heteroatoms. The molecule has 25 heavy (non-hydrogen) atoms. The molecule has 2 N–H and O–H groups in total. The van der Waals surface area contributed by atoms with Crippen LogP contribution in [0.2, 0.25) is 0 Å². The fourth-order valence-electron chi connectivity index (χ4n) is 4.15. The summed E-state index contributed by atoms with van der Waals surface area (Å²) >= 11 is 0. The maximum absolute atomic E-state index is 10.5. The third kappa shape index (κ3) is 6.59. The highest BCUT2D eigenvalue weighted by atomic mass is 16.5. The van der Waals surface area contributed by atoms with Gasteiger partial charge in [-0.15, -0.1) is 0 Å². The van der Waals surface area contributed by atoms with Gasteiger partial charge in [0.05, 0.1) is 18.8 Å². The van der Waals surface area contributed by atoms with E-state index in [9.17, 15) is 9.90 Å². The second-order valence-electron chi connectivity index (χ2n) is 7.55. The van der Waals surface area contributed by atoms with Crippen LogP contribution in [0.15, 0.2) is 24.3 Å². The van der Waals surface area contributed by atoms with Crippen LogP contribution in [0.25, 0.3) is 0 Å². The van der Waals surface area contributed by atoms with E-state index in [0.717, 1.165) is 38.7 Å². The van der Waals surface area contributed by atoms with Crippen LogP contribution in [-0.2, 0) is 9.53 Å². The van der Waals surface area contributed by atoms with Crippen LogP contribution in [0.5, 0.6) is 0 Å². The molecule has 0 aromatic rings. The van der Waals surface area contributed by atoms with Crippen molar-refractivity contribution >= 4 is 5.97 Å². The number of hydrogen-bond donors (Lipinski definition) is 2. The smallest absolute Gasteiger partial charge is 0.303 e. The number of allylic oxidation sites excluding steroid dienone is 3. The second kappa shape index (κ2) is 10.8. The number of rotatable bonds is 12. The summed E-state index contributed by atoms with van der Waals surface area (Å²) < 4.78 is 5.88. The number of carbonyl (C=O) groups is 1. The number of carboxylic acids is 1. The molecule has 2 rings (SSSR count). The summed E-state index contributed by atoms with van der Waals surface area (Å²) in [6.07, 6.45) is 16.8. The predicted molar refractivity (Wildman–Crippen MR) is 99.4 cm³/mol. The summed E-state index contributed by atoms with van der Waals surface area (Å²) in [5.74, 6) is 0.865. The minimum absolute atomic E-state index is 0.239. The van der Waals surface area contributed by atoms with E-state index < -0.39 is 5.97 Å². The zero-order chi connectivity index (χ0) is 18.1. The van der Waals surface area contributed by atoms with E-state index in [1.54, 1.807) is 0 Å². The summed E-state index contributed by atoms with van der Waals surface area (Å²) in [5.41, 5.74) is 0. The molecule has 0 unspecified atom stereocenters. The number of carboxylic acid groups (broad SMARTS) is 1. The van der Waals surface area contributed by atoms with E-state index in [1.807, 2.05) is 6.08 Å². The highest BCUT2D eigenvalue weighted by Crippen LogP contribution is 2.47. The Morgan fingerprint density at radius 1 is 1.28 bits per heavy atom. The summed E-state index contributed by atoms with van der Waals surface area (Å²) in [6, 6.07) is 0. The van der Waals surface area contributed by atoms with Crippen LogP contribution < -0.4 is 0 Å². The van der Waals surface area contributed by atoms with E-state index in [4.69, 9.17) is 9.84 Å². The van der Waals surface area contributed by atoms with Crippen molar-refractivity contribution in [2.75, 3.05) is 6.61 Å². The van der Waals surface area contributed by atoms with Crippen molar-refractivity contribution < 1.29 is 19.7 Å². The van der Waals surface area contributed by atoms with Crippen LogP contribution in [-0.4, -0.2) is 35.0 Å². The summed E-state index contributed by atoms with van der Waals surface area (Å²) in [5, 5.41) is 18.8. The molecule has 0 amide bonds. The first-order valence-corrected chi connectivity index (χ1v) is 9.96. The van der Waals surface area contributed by atoms with Gasteiger partial charge >= 0.3 is 5.97 Å². The van der Waals surface area contributed by atoms with Crippen molar-refractivity contribution in [1.29, 1.82) is 0 Å². The molecule has 0 aromatic carbocycles. The van der Waals surface area contributed by atoms with Crippen LogP contribution >= 0.6 is 0 Å². The third-order valence-electron chi connectivity index (χ3n) is 5.57. The van der Waals surface area contributed by atoms with E-state index in [-0.39, 0.29) is 12.5 Å². The average Bonchev–Trinajstić information content (AvgIpc) is 3.17. The lowest BCUT2D eigenvalue weighted by molar-refractivity contribution is -0.137. The number of fused-ring (bicyclic) bond motifs is 2. The van der Waals surface area contributed by atoms with Gasteiger partial charge in [0.2, 0.25) is 0 Å². The number of ether oxygens (including phenoxy) is 1. The van der Waals surface area contributed by atoms with E-state index >= 15 is 0 Å². The Bertz CT molecular complexity index is 457.